The Morgan fingerprint density at radius 2 is 1.12 bits per heavy atom. The fourth-order valence-corrected chi connectivity index (χ4v) is 3.05. The van der Waals surface area contributed by atoms with Crippen molar-refractivity contribution in [2.24, 2.45) is 0 Å². The number of unbranched alkanes of at least 4 members (excludes halogenated alkanes) is 12. The molecule has 0 amide bonds. The number of rotatable bonds is 16. The van der Waals surface area contributed by atoms with Crippen LogP contribution >= 0.6 is 0 Å². The normalized spacial score (nSPS) is 13.0. The predicted molar refractivity (Wildman–Crippen MR) is 107 cm³/mol. The Kier molecular flexibility index (Phi) is 15.3. The van der Waals surface area contributed by atoms with Gasteiger partial charge in [-0.2, -0.15) is 0 Å². The highest BCUT2D eigenvalue weighted by Crippen LogP contribution is 2.14. The summed E-state index contributed by atoms with van der Waals surface area (Å²) < 4.78 is 5.31. The van der Waals surface area contributed by atoms with E-state index in [-0.39, 0.29) is 17.7 Å². The molecule has 0 rings (SSSR count). The second kappa shape index (κ2) is 15.7. The molecular formula is C22H44O3. The largest absolute Gasteiger partial charge is 0.460 e. The lowest BCUT2D eigenvalue weighted by molar-refractivity contribution is -0.154. The van der Waals surface area contributed by atoms with Crippen LogP contribution in [0.25, 0.3) is 0 Å². The van der Waals surface area contributed by atoms with E-state index in [1.54, 1.807) is 0 Å². The fraction of sp³-hybridized carbons (Fsp3) is 0.955. The van der Waals surface area contributed by atoms with Gasteiger partial charge in [0.1, 0.15) is 5.60 Å². The second-order valence-corrected chi connectivity index (χ2v) is 8.57. The number of esters is 1. The van der Waals surface area contributed by atoms with Gasteiger partial charge in [-0.3, -0.25) is 4.79 Å². The lowest BCUT2D eigenvalue weighted by Gasteiger charge is -2.19. The van der Waals surface area contributed by atoms with Crippen molar-refractivity contribution >= 4 is 5.97 Å². The minimum Gasteiger partial charge on any atom is -0.460 e. The van der Waals surface area contributed by atoms with Crippen molar-refractivity contribution < 1.29 is 14.6 Å². The molecule has 25 heavy (non-hydrogen) atoms. The van der Waals surface area contributed by atoms with Gasteiger partial charge in [0.25, 0.3) is 0 Å². The molecule has 3 nitrogen and oxygen atoms in total. The van der Waals surface area contributed by atoms with Crippen LogP contribution in [0.2, 0.25) is 0 Å². The standard InChI is InChI=1S/C22H44O3/c1-20(23)18-16-14-12-10-8-6-5-7-9-11-13-15-17-19-21(24)25-22(2,3)4/h20,23H,5-19H2,1-4H3. The minimum atomic E-state index is -0.352. The molecule has 0 aliphatic heterocycles. The van der Waals surface area contributed by atoms with E-state index in [4.69, 9.17) is 4.74 Å². The van der Waals surface area contributed by atoms with Gasteiger partial charge in [0, 0.05) is 6.42 Å². The molecule has 0 aromatic heterocycles. The molecule has 0 aromatic carbocycles. The number of ether oxygens (including phenoxy) is 1. The van der Waals surface area contributed by atoms with Crippen molar-refractivity contribution in [2.45, 2.75) is 136 Å². The molecule has 0 aliphatic rings. The Balaban J connectivity index is 3.16. The second-order valence-electron chi connectivity index (χ2n) is 8.57. The maximum atomic E-state index is 11.6. The van der Waals surface area contributed by atoms with Gasteiger partial charge < -0.3 is 9.84 Å². The summed E-state index contributed by atoms with van der Waals surface area (Å²) in [6.45, 7) is 7.63. The first-order chi connectivity index (χ1) is 11.8. The van der Waals surface area contributed by atoms with E-state index in [1.165, 1.54) is 70.6 Å². The number of aliphatic hydroxyl groups is 1. The van der Waals surface area contributed by atoms with E-state index in [0.717, 1.165) is 19.3 Å². The summed E-state index contributed by atoms with van der Waals surface area (Å²) in [5, 5.41) is 9.19. The topological polar surface area (TPSA) is 46.5 Å². The lowest BCUT2D eigenvalue weighted by atomic mass is 10.0. The van der Waals surface area contributed by atoms with Gasteiger partial charge >= 0.3 is 5.97 Å². The number of hydrogen-bond acceptors (Lipinski definition) is 3. The van der Waals surface area contributed by atoms with E-state index >= 15 is 0 Å². The van der Waals surface area contributed by atoms with Crippen LogP contribution in [0.15, 0.2) is 0 Å². The van der Waals surface area contributed by atoms with Crippen LogP contribution in [0.5, 0.6) is 0 Å². The number of aliphatic hydroxyl groups excluding tert-OH is 1. The summed E-state index contributed by atoms with van der Waals surface area (Å²) >= 11 is 0. The van der Waals surface area contributed by atoms with Gasteiger partial charge in [0.2, 0.25) is 0 Å². The molecule has 0 saturated heterocycles. The third-order valence-corrected chi connectivity index (χ3v) is 4.42. The Labute approximate surface area is 156 Å². The Bertz CT molecular complexity index is 305. The third-order valence-electron chi connectivity index (χ3n) is 4.42. The zero-order chi connectivity index (χ0) is 19.0. The van der Waals surface area contributed by atoms with Gasteiger partial charge in [-0.25, -0.2) is 0 Å². The zero-order valence-corrected chi connectivity index (χ0v) is 17.4. The first-order valence-electron chi connectivity index (χ1n) is 10.7. The molecule has 0 saturated carbocycles. The first kappa shape index (κ1) is 24.4. The van der Waals surface area contributed by atoms with E-state index in [2.05, 4.69) is 0 Å². The summed E-state index contributed by atoms with van der Waals surface area (Å²) in [6, 6.07) is 0. The molecule has 1 atom stereocenters. The smallest absolute Gasteiger partial charge is 0.306 e. The highest BCUT2D eigenvalue weighted by Gasteiger charge is 2.15. The molecule has 1 N–H and O–H groups in total. The monoisotopic (exact) mass is 356 g/mol. The average molecular weight is 357 g/mol. The molecule has 0 spiro atoms. The van der Waals surface area contributed by atoms with Crippen molar-refractivity contribution in [3.8, 4) is 0 Å². The van der Waals surface area contributed by atoms with Crippen LogP contribution in [-0.4, -0.2) is 22.8 Å². The molecule has 0 bridgehead atoms. The number of hydrogen-bond donors (Lipinski definition) is 1. The predicted octanol–water partition coefficient (Wildman–Crippen LogP) is 6.56. The molecular weight excluding hydrogens is 312 g/mol. The van der Waals surface area contributed by atoms with Crippen LogP contribution in [-0.2, 0) is 9.53 Å². The molecule has 0 radical (unpaired) electrons. The lowest BCUT2D eigenvalue weighted by Crippen LogP contribution is -2.23. The SMILES string of the molecule is CC(O)CCCCCCCCCCCCCCCC(=O)OC(C)(C)C. The molecule has 0 aromatic rings. The van der Waals surface area contributed by atoms with Crippen LogP contribution in [0.4, 0.5) is 0 Å². The van der Waals surface area contributed by atoms with E-state index < -0.39 is 0 Å². The van der Waals surface area contributed by atoms with Crippen LogP contribution in [0.1, 0.15) is 124 Å². The van der Waals surface area contributed by atoms with Crippen molar-refractivity contribution in [1.29, 1.82) is 0 Å². The molecule has 0 aliphatic carbocycles. The van der Waals surface area contributed by atoms with E-state index in [9.17, 15) is 9.90 Å². The van der Waals surface area contributed by atoms with E-state index in [1.807, 2.05) is 27.7 Å². The van der Waals surface area contributed by atoms with Gasteiger partial charge in [0.05, 0.1) is 6.10 Å². The molecule has 1 unspecified atom stereocenters. The van der Waals surface area contributed by atoms with Crippen molar-refractivity contribution in [2.75, 3.05) is 0 Å². The van der Waals surface area contributed by atoms with Crippen molar-refractivity contribution in [3.05, 3.63) is 0 Å². The molecule has 0 fully saturated rings. The van der Waals surface area contributed by atoms with Crippen LogP contribution in [0.3, 0.4) is 0 Å². The molecule has 3 heteroatoms. The quantitative estimate of drug-likeness (QED) is 0.251. The number of carbonyl (C=O) groups excluding carboxylic acids is 1. The van der Waals surface area contributed by atoms with Crippen molar-refractivity contribution in [1.82, 2.24) is 0 Å². The molecule has 0 heterocycles. The maximum Gasteiger partial charge on any atom is 0.306 e. The van der Waals surface area contributed by atoms with Gasteiger partial charge in [-0.15, -0.1) is 0 Å². The highest BCUT2D eigenvalue weighted by atomic mass is 16.6. The zero-order valence-electron chi connectivity index (χ0n) is 17.4. The average Bonchev–Trinajstić information content (AvgIpc) is 2.49. The Hall–Kier alpha value is -0.570. The minimum absolute atomic E-state index is 0.0571. The summed E-state index contributed by atoms with van der Waals surface area (Å²) in [6.07, 6.45) is 18.0. The Morgan fingerprint density at radius 1 is 0.760 bits per heavy atom. The van der Waals surface area contributed by atoms with Gasteiger partial charge in [-0.05, 0) is 40.5 Å². The number of carbonyl (C=O) groups is 1. The summed E-state index contributed by atoms with van der Waals surface area (Å²) in [5.41, 5.74) is -0.352. The van der Waals surface area contributed by atoms with Crippen molar-refractivity contribution in [3.63, 3.8) is 0 Å². The van der Waals surface area contributed by atoms with Crippen LogP contribution < -0.4 is 0 Å². The Morgan fingerprint density at radius 3 is 1.48 bits per heavy atom. The third kappa shape index (κ3) is 21.4. The van der Waals surface area contributed by atoms with Gasteiger partial charge in [0.15, 0.2) is 0 Å². The van der Waals surface area contributed by atoms with E-state index in [0.29, 0.717) is 6.42 Å². The highest BCUT2D eigenvalue weighted by molar-refractivity contribution is 5.69. The molecule has 150 valence electrons. The summed E-state index contributed by atoms with van der Waals surface area (Å²) in [4.78, 5) is 11.6. The fourth-order valence-electron chi connectivity index (χ4n) is 3.05. The maximum absolute atomic E-state index is 11.6. The summed E-state index contributed by atoms with van der Waals surface area (Å²) in [7, 11) is 0. The van der Waals surface area contributed by atoms with Crippen LogP contribution in [0, 0.1) is 0 Å². The first-order valence-corrected chi connectivity index (χ1v) is 10.7. The van der Waals surface area contributed by atoms with Gasteiger partial charge in [-0.1, -0.05) is 77.0 Å². The summed E-state index contributed by atoms with van der Waals surface area (Å²) in [5.74, 6) is -0.0571.